The van der Waals surface area contributed by atoms with Crippen LogP contribution in [-0.4, -0.2) is 25.8 Å². The van der Waals surface area contributed by atoms with Crippen LogP contribution in [0, 0.1) is 6.92 Å². The summed E-state index contributed by atoms with van der Waals surface area (Å²) in [4.78, 5) is 11.9. The second-order valence-electron chi connectivity index (χ2n) is 4.58. The van der Waals surface area contributed by atoms with Gasteiger partial charge >= 0.3 is 0 Å². The van der Waals surface area contributed by atoms with Crippen molar-refractivity contribution in [2.75, 3.05) is 0 Å². The number of hydrogen-bond acceptors (Lipinski definition) is 4. The molecule has 2 heterocycles. The van der Waals surface area contributed by atoms with E-state index in [-0.39, 0.29) is 5.78 Å². The summed E-state index contributed by atoms with van der Waals surface area (Å²) < 4.78 is 1.74. The highest BCUT2D eigenvalue weighted by Crippen LogP contribution is 2.22. The van der Waals surface area contributed by atoms with Crippen LogP contribution in [0.1, 0.15) is 41.0 Å². The van der Waals surface area contributed by atoms with Crippen molar-refractivity contribution in [1.82, 2.24) is 20.0 Å². The number of carbonyl (C=O) groups is 1. The van der Waals surface area contributed by atoms with Crippen molar-refractivity contribution >= 4 is 5.78 Å². The number of hydrogen-bond donors (Lipinski definition) is 0. The van der Waals surface area contributed by atoms with Crippen molar-refractivity contribution in [3.63, 3.8) is 0 Å². The van der Waals surface area contributed by atoms with E-state index in [4.69, 9.17) is 0 Å². The van der Waals surface area contributed by atoms with Crippen LogP contribution in [0.15, 0.2) is 18.3 Å². The highest BCUT2D eigenvalue weighted by Gasteiger charge is 2.21. The van der Waals surface area contributed by atoms with Gasteiger partial charge < -0.3 is 0 Å². The molecule has 5 nitrogen and oxygen atoms in total. The van der Waals surface area contributed by atoms with Crippen molar-refractivity contribution in [3.05, 3.63) is 35.3 Å². The van der Waals surface area contributed by atoms with Crippen LogP contribution in [-0.2, 0) is 6.42 Å². The molecule has 1 aliphatic rings. The third-order valence-corrected chi connectivity index (χ3v) is 3.24. The van der Waals surface area contributed by atoms with Gasteiger partial charge in [0.2, 0.25) is 0 Å². The van der Waals surface area contributed by atoms with Crippen LogP contribution in [0.5, 0.6) is 0 Å². The van der Waals surface area contributed by atoms with Crippen molar-refractivity contribution in [1.29, 1.82) is 0 Å². The molecule has 0 bridgehead atoms. The Hall–Kier alpha value is -2.04. The highest BCUT2D eigenvalue weighted by atomic mass is 16.1. The minimum Gasteiger partial charge on any atom is -0.294 e. The molecule has 0 unspecified atom stereocenters. The predicted molar refractivity (Wildman–Crippen MR) is 65.8 cm³/mol. The van der Waals surface area contributed by atoms with E-state index in [2.05, 4.69) is 15.3 Å². The summed E-state index contributed by atoms with van der Waals surface area (Å²) in [6.45, 7) is 1.89. The maximum atomic E-state index is 11.9. The van der Waals surface area contributed by atoms with Gasteiger partial charge in [0.15, 0.2) is 11.6 Å². The number of carbonyl (C=O) groups excluding carboxylic acids is 1. The topological polar surface area (TPSA) is 60.7 Å². The molecule has 0 aromatic carbocycles. The van der Waals surface area contributed by atoms with E-state index in [9.17, 15) is 4.79 Å². The first-order chi connectivity index (χ1) is 8.75. The van der Waals surface area contributed by atoms with E-state index in [1.54, 1.807) is 10.9 Å². The van der Waals surface area contributed by atoms with E-state index >= 15 is 0 Å². The molecule has 0 saturated heterocycles. The fourth-order valence-corrected chi connectivity index (χ4v) is 2.26. The van der Waals surface area contributed by atoms with Crippen molar-refractivity contribution in [2.24, 2.45) is 0 Å². The first kappa shape index (κ1) is 11.1. The first-order valence-corrected chi connectivity index (χ1v) is 6.16. The molecule has 2 aromatic rings. The summed E-state index contributed by atoms with van der Waals surface area (Å²) in [7, 11) is 0. The van der Waals surface area contributed by atoms with Crippen molar-refractivity contribution in [2.45, 2.75) is 32.6 Å². The van der Waals surface area contributed by atoms with Crippen molar-refractivity contribution < 1.29 is 4.79 Å². The maximum Gasteiger partial charge on any atom is 0.175 e. The molecule has 3 rings (SSSR count). The number of Topliss-reactive ketones (excluding diaryl/α,β-unsaturated/α-hetero) is 1. The zero-order valence-corrected chi connectivity index (χ0v) is 10.3. The summed E-state index contributed by atoms with van der Waals surface area (Å²) in [6, 6.07) is 3.78. The SMILES string of the molecule is Cc1ccc(-n2ncc3c2CCCCC3=O)nn1. The monoisotopic (exact) mass is 242 g/mol. The minimum atomic E-state index is 0.189. The Balaban J connectivity index is 2.08. The fourth-order valence-electron chi connectivity index (χ4n) is 2.26. The lowest BCUT2D eigenvalue weighted by molar-refractivity contribution is 0.0982. The molecule has 0 spiro atoms. The molecule has 2 aromatic heterocycles. The molecular weight excluding hydrogens is 228 g/mol. The normalized spacial score (nSPS) is 15.3. The van der Waals surface area contributed by atoms with E-state index in [0.29, 0.717) is 12.2 Å². The van der Waals surface area contributed by atoms with E-state index < -0.39 is 0 Å². The molecule has 0 saturated carbocycles. The lowest BCUT2D eigenvalue weighted by atomic mass is 10.1. The number of rotatable bonds is 1. The zero-order valence-electron chi connectivity index (χ0n) is 10.3. The summed E-state index contributed by atoms with van der Waals surface area (Å²) >= 11 is 0. The molecule has 0 radical (unpaired) electrons. The van der Waals surface area contributed by atoms with Gasteiger partial charge in [0.05, 0.1) is 23.1 Å². The first-order valence-electron chi connectivity index (χ1n) is 6.16. The molecular formula is C13H14N4O. The molecule has 0 N–H and O–H groups in total. The van der Waals surface area contributed by atoms with Gasteiger partial charge in [-0.1, -0.05) is 0 Å². The molecule has 5 heteroatoms. The zero-order chi connectivity index (χ0) is 12.5. The number of nitrogens with zero attached hydrogens (tertiary/aromatic N) is 4. The Bertz CT molecular complexity index is 586. The van der Waals surface area contributed by atoms with E-state index in [1.165, 1.54) is 0 Å². The van der Waals surface area contributed by atoms with Crippen LogP contribution in [0.4, 0.5) is 0 Å². The summed E-state index contributed by atoms with van der Waals surface area (Å²) in [5, 5.41) is 12.4. The van der Waals surface area contributed by atoms with Crippen LogP contribution in [0.3, 0.4) is 0 Å². The van der Waals surface area contributed by atoms with Crippen LogP contribution < -0.4 is 0 Å². The quantitative estimate of drug-likeness (QED) is 0.716. The summed E-state index contributed by atoms with van der Waals surface area (Å²) in [6.07, 6.45) is 5.12. The van der Waals surface area contributed by atoms with Gasteiger partial charge in [0.25, 0.3) is 0 Å². The Kier molecular flexibility index (Phi) is 2.66. The highest BCUT2D eigenvalue weighted by molar-refractivity contribution is 5.97. The maximum absolute atomic E-state index is 11.9. The number of aromatic nitrogens is 4. The summed E-state index contributed by atoms with van der Waals surface area (Å²) in [5.41, 5.74) is 2.58. The van der Waals surface area contributed by atoms with Gasteiger partial charge in [0, 0.05) is 6.42 Å². The summed E-state index contributed by atoms with van der Waals surface area (Å²) in [5.74, 6) is 0.866. The lowest BCUT2D eigenvalue weighted by Gasteiger charge is -2.05. The van der Waals surface area contributed by atoms with Crippen LogP contribution >= 0.6 is 0 Å². The average Bonchev–Trinajstić information content (AvgIpc) is 2.71. The second kappa shape index (κ2) is 4.33. The Morgan fingerprint density at radius 2 is 2.00 bits per heavy atom. The Morgan fingerprint density at radius 3 is 2.78 bits per heavy atom. The van der Waals surface area contributed by atoms with Crippen LogP contribution in [0.2, 0.25) is 0 Å². The molecule has 0 fully saturated rings. The number of fused-ring (bicyclic) bond motifs is 1. The molecule has 0 atom stereocenters. The van der Waals surface area contributed by atoms with E-state index in [0.717, 1.165) is 36.2 Å². The van der Waals surface area contributed by atoms with Crippen molar-refractivity contribution in [3.8, 4) is 5.82 Å². The number of aryl methyl sites for hydroxylation is 1. The Labute approximate surface area is 105 Å². The average molecular weight is 242 g/mol. The van der Waals surface area contributed by atoms with Crippen LogP contribution in [0.25, 0.3) is 5.82 Å². The molecule has 1 aliphatic carbocycles. The minimum absolute atomic E-state index is 0.189. The molecule has 92 valence electrons. The van der Waals surface area contributed by atoms with Gasteiger partial charge in [0.1, 0.15) is 0 Å². The third-order valence-electron chi connectivity index (χ3n) is 3.24. The largest absolute Gasteiger partial charge is 0.294 e. The van der Waals surface area contributed by atoms with Gasteiger partial charge in [-0.3, -0.25) is 4.79 Å². The second-order valence-corrected chi connectivity index (χ2v) is 4.58. The molecule has 18 heavy (non-hydrogen) atoms. The van der Waals surface area contributed by atoms with Gasteiger partial charge in [-0.2, -0.15) is 10.2 Å². The molecule has 0 aliphatic heterocycles. The van der Waals surface area contributed by atoms with E-state index in [1.807, 2.05) is 19.1 Å². The predicted octanol–water partition coefficient (Wildman–Crippen LogP) is 1.88. The van der Waals surface area contributed by atoms with Gasteiger partial charge in [-0.15, -0.1) is 5.10 Å². The standard InChI is InChI=1S/C13H14N4O/c1-9-6-7-13(16-15-9)17-11-4-2-3-5-12(18)10(11)8-14-17/h6-8H,2-5H2,1H3. The number of ketones is 1. The third kappa shape index (κ3) is 1.81. The fraction of sp³-hybridized carbons (Fsp3) is 0.385. The lowest BCUT2D eigenvalue weighted by Crippen LogP contribution is -2.07. The van der Waals surface area contributed by atoms with Gasteiger partial charge in [-0.25, -0.2) is 4.68 Å². The van der Waals surface area contributed by atoms with Gasteiger partial charge in [-0.05, 0) is 38.3 Å². The molecule has 0 amide bonds. The smallest absolute Gasteiger partial charge is 0.175 e. The Morgan fingerprint density at radius 1 is 1.17 bits per heavy atom.